The molecule has 6 nitrogen and oxygen atoms in total. The minimum Gasteiger partial charge on any atom is -0.370 e. The number of hydrogen-bond acceptors (Lipinski definition) is 4. The molecular weight excluding hydrogens is 502 g/mol. The summed E-state index contributed by atoms with van der Waals surface area (Å²) in [7, 11) is 0. The third kappa shape index (κ3) is 5.50. The molecule has 0 unspecified atom stereocenters. The molecule has 2 aromatic rings. The average molecular weight is 521 g/mol. The second-order valence-electron chi connectivity index (χ2n) is 5.48. The minimum atomic E-state index is -0.287. The maximum absolute atomic E-state index is 13.4. The summed E-state index contributed by atoms with van der Waals surface area (Å²) in [5.41, 5.74) is 6.86. The van der Waals surface area contributed by atoms with Gasteiger partial charge in [-0.15, -0.1) is 24.0 Å². The summed E-state index contributed by atoms with van der Waals surface area (Å²) in [6.45, 7) is 3.42. The molecule has 134 valence electrons. The average Bonchev–Trinajstić information content (AvgIpc) is 2.60. The quantitative estimate of drug-likeness (QED) is 0.383. The van der Waals surface area contributed by atoms with E-state index in [1.807, 2.05) is 11.0 Å². The van der Waals surface area contributed by atoms with E-state index in [1.54, 1.807) is 18.5 Å². The Balaban J connectivity index is 0.00000225. The van der Waals surface area contributed by atoms with E-state index in [9.17, 15) is 4.39 Å². The van der Waals surface area contributed by atoms with Crippen LogP contribution in [0.3, 0.4) is 0 Å². The first-order chi connectivity index (χ1) is 11.6. The highest BCUT2D eigenvalue weighted by molar-refractivity contribution is 14.0. The highest BCUT2D eigenvalue weighted by atomic mass is 127. The standard InChI is InChI=1S/C16H18BrFN6.HI/c17-13-8-12(9-14(18)10-13)11-22-15(19)23-4-6-24(7-5-23)16-20-2-1-3-21-16;/h1-3,8-10H,4-7,11H2,(H2,19,22);1H. The van der Waals surface area contributed by atoms with Gasteiger partial charge >= 0.3 is 0 Å². The largest absolute Gasteiger partial charge is 0.370 e. The van der Waals surface area contributed by atoms with Crippen molar-refractivity contribution in [3.8, 4) is 0 Å². The SMILES string of the molecule is I.NC(=NCc1cc(F)cc(Br)c1)N1CCN(c2ncccn2)CC1. The van der Waals surface area contributed by atoms with Crippen LogP contribution in [0.2, 0.25) is 0 Å². The van der Waals surface area contributed by atoms with Crippen LogP contribution in [-0.4, -0.2) is 47.0 Å². The van der Waals surface area contributed by atoms with Gasteiger partial charge in [0.1, 0.15) is 5.82 Å². The highest BCUT2D eigenvalue weighted by Crippen LogP contribution is 2.16. The Hall–Kier alpha value is -1.49. The number of guanidine groups is 1. The zero-order valence-corrected chi connectivity index (χ0v) is 17.4. The van der Waals surface area contributed by atoms with Gasteiger partial charge in [0.15, 0.2) is 5.96 Å². The fourth-order valence-corrected chi connectivity index (χ4v) is 3.08. The van der Waals surface area contributed by atoms with Gasteiger partial charge in [-0.1, -0.05) is 15.9 Å². The normalized spacial score (nSPS) is 15.0. The zero-order chi connectivity index (χ0) is 16.9. The van der Waals surface area contributed by atoms with Crippen molar-refractivity contribution in [1.82, 2.24) is 14.9 Å². The van der Waals surface area contributed by atoms with Crippen LogP contribution in [0.25, 0.3) is 0 Å². The number of hydrogen-bond donors (Lipinski definition) is 1. The highest BCUT2D eigenvalue weighted by Gasteiger charge is 2.19. The van der Waals surface area contributed by atoms with Crippen molar-refractivity contribution in [3.05, 3.63) is 52.5 Å². The van der Waals surface area contributed by atoms with Gasteiger partial charge < -0.3 is 15.5 Å². The second kappa shape index (κ2) is 9.27. The third-order valence-corrected chi connectivity index (χ3v) is 4.24. The monoisotopic (exact) mass is 520 g/mol. The summed E-state index contributed by atoms with van der Waals surface area (Å²) >= 11 is 3.28. The number of benzene rings is 1. The minimum absolute atomic E-state index is 0. The van der Waals surface area contributed by atoms with E-state index < -0.39 is 0 Å². The first kappa shape index (κ1) is 19.8. The number of rotatable bonds is 3. The molecule has 0 bridgehead atoms. The van der Waals surface area contributed by atoms with E-state index in [4.69, 9.17) is 5.73 Å². The molecule has 2 N–H and O–H groups in total. The van der Waals surface area contributed by atoms with Crippen LogP contribution in [0.4, 0.5) is 10.3 Å². The van der Waals surface area contributed by atoms with Crippen LogP contribution < -0.4 is 10.6 Å². The molecule has 1 saturated heterocycles. The topological polar surface area (TPSA) is 70.6 Å². The van der Waals surface area contributed by atoms with Crippen LogP contribution >= 0.6 is 39.9 Å². The lowest BCUT2D eigenvalue weighted by Crippen LogP contribution is -2.51. The number of anilines is 1. The maximum atomic E-state index is 13.4. The third-order valence-electron chi connectivity index (χ3n) is 3.78. The van der Waals surface area contributed by atoms with E-state index in [2.05, 4.69) is 35.8 Å². The van der Waals surface area contributed by atoms with Crippen molar-refractivity contribution in [2.24, 2.45) is 10.7 Å². The van der Waals surface area contributed by atoms with E-state index >= 15 is 0 Å². The van der Waals surface area contributed by atoms with Gasteiger partial charge in [0.05, 0.1) is 6.54 Å². The Bertz CT molecular complexity index is 702. The van der Waals surface area contributed by atoms with Crippen molar-refractivity contribution in [2.45, 2.75) is 6.54 Å². The van der Waals surface area contributed by atoms with Crippen molar-refractivity contribution < 1.29 is 4.39 Å². The van der Waals surface area contributed by atoms with Gasteiger partial charge in [0.25, 0.3) is 0 Å². The summed E-state index contributed by atoms with van der Waals surface area (Å²) in [5.74, 6) is 0.922. The molecule has 1 aromatic carbocycles. The Morgan fingerprint density at radius 1 is 1.16 bits per heavy atom. The Kier molecular flexibility index (Phi) is 7.36. The number of nitrogens with two attached hydrogens (primary N) is 1. The van der Waals surface area contributed by atoms with Crippen molar-refractivity contribution in [1.29, 1.82) is 0 Å². The molecule has 1 fully saturated rings. The van der Waals surface area contributed by atoms with E-state index in [1.165, 1.54) is 12.1 Å². The molecule has 25 heavy (non-hydrogen) atoms. The molecular formula is C16H19BrFIN6. The van der Waals surface area contributed by atoms with Crippen molar-refractivity contribution in [2.75, 3.05) is 31.1 Å². The Labute approximate surface area is 171 Å². The van der Waals surface area contributed by atoms with Crippen LogP contribution in [0, 0.1) is 5.82 Å². The molecule has 0 amide bonds. The molecule has 2 heterocycles. The van der Waals surface area contributed by atoms with Gasteiger partial charge in [0, 0.05) is 43.0 Å². The molecule has 9 heteroatoms. The number of aliphatic imine (C=N–C) groups is 1. The lowest BCUT2D eigenvalue weighted by molar-refractivity contribution is 0.378. The molecule has 1 aromatic heterocycles. The Morgan fingerprint density at radius 2 is 1.84 bits per heavy atom. The summed E-state index contributed by atoms with van der Waals surface area (Å²) in [4.78, 5) is 17.0. The van der Waals surface area contributed by atoms with E-state index in [0.29, 0.717) is 17.0 Å². The second-order valence-corrected chi connectivity index (χ2v) is 6.39. The molecule has 3 rings (SSSR count). The molecule has 0 saturated carbocycles. The first-order valence-corrected chi connectivity index (χ1v) is 8.43. The summed E-state index contributed by atoms with van der Waals surface area (Å²) in [6, 6.07) is 6.52. The number of halogens is 3. The van der Waals surface area contributed by atoms with Gasteiger partial charge in [-0.25, -0.2) is 19.4 Å². The molecule has 0 spiro atoms. The number of aromatic nitrogens is 2. The lowest BCUT2D eigenvalue weighted by Gasteiger charge is -2.35. The number of piperazine rings is 1. The van der Waals surface area contributed by atoms with Crippen molar-refractivity contribution in [3.63, 3.8) is 0 Å². The fourth-order valence-electron chi connectivity index (χ4n) is 2.56. The molecule has 1 aliphatic rings. The Morgan fingerprint density at radius 3 is 2.48 bits per heavy atom. The van der Waals surface area contributed by atoms with Crippen LogP contribution in [0.15, 0.2) is 46.1 Å². The van der Waals surface area contributed by atoms with Crippen LogP contribution in [0.5, 0.6) is 0 Å². The van der Waals surface area contributed by atoms with Gasteiger partial charge in [-0.2, -0.15) is 0 Å². The molecule has 1 aliphatic heterocycles. The summed E-state index contributed by atoms with van der Waals surface area (Å²) in [5, 5.41) is 0. The van der Waals surface area contributed by atoms with Gasteiger partial charge in [-0.05, 0) is 29.8 Å². The predicted molar refractivity (Wildman–Crippen MR) is 111 cm³/mol. The smallest absolute Gasteiger partial charge is 0.225 e. The predicted octanol–water partition coefficient (Wildman–Crippen LogP) is 2.63. The maximum Gasteiger partial charge on any atom is 0.225 e. The molecule has 0 atom stereocenters. The number of nitrogens with zero attached hydrogens (tertiary/aromatic N) is 5. The zero-order valence-electron chi connectivity index (χ0n) is 13.5. The van der Waals surface area contributed by atoms with Crippen molar-refractivity contribution >= 4 is 51.8 Å². The summed E-state index contributed by atoms with van der Waals surface area (Å²) < 4.78 is 14.1. The van der Waals surface area contributed by atoms with Crippen LogP contribution in [0.1, 0.15) is 5.56 Å². The lowest BCUT2D eigenvalue weighted by atomic mass is 10.2. The van der Waals surface area contributed by atoms with Crippen LogP contribution in [-0.2, 0) is 6.54 Å². The van der Waals surface area contributed by atoms with E-state index in [0.717, 1.165) is 37.7 Å². The first-order valence-electron chi connectivity index (χ1n) is 7.63. The summed E-state index contributed by atoms with van der Waals surface area (Å²) in [6.07, 6.45) is 3.48. The molecule has 0 aliphatic carbocycles. The van der Waals surface area contributed by atoms with Gasteiger partial charge in [-0.3, -0.25) is 0 Å². The van der Waals surface area contributed by atoms with E-state index in [-0.39, 0.29) is 29.8 Å². The van der Waals surface area contributed by atoms with Gasteiger partial charge in [0.2, 0.25) is 5.95 Å². The fraction of sp³-hybridized carbons (Fsp3) is 0.312. The molecule has 0 radical (unpaired) electrons.